The van der Waals surface area contributed by atoms with Crippen molar-refractivity contribution in [3.8, 4) is 5.75 Å². The Morgan fingerprint density at radius 1 is 1.09 bits per heavy atom. The molecule has 0 aliphatic carbocycles. The molecule has 1 heterocycles. The second kappa shape index (κ2) is 9.42. The van der Waals surface area contributed by atoms with Crippen molar-refractivity contribution >= 4 is 17.6 Å². The van der Waals surface area contributed by atoms with E-state index in [1.54, 1.807) is 40.7 Å². The third kappa shape index (κ3) is 6.64. The SMILES string of the molecule is COC(=O)C(C)(C)COc1cc(C(F)(F)F)ccc1C1=CCN(C(=O)OC(C)(C)C)CC1. The number of alkyl halides is 3. The van der Waals surface area contributed by atoms with Crippen LogP contribution in [0.5, 0.6) is 5.75 Å². The van der Waals surface area contributed by atoms with E-state index in [0.29, 0.717) is 18.5 Å². The van der Waals surface area contributed by atoms with E-state index in [2.05, 4.69) is 0 Å². The van der Waals surface area contributed by atoms with Crippen LogP contribution in [0, 0.1) is 5.41 Å². The first kappa shape index (κ1) is 25.5. The Balaban J connectivity index is 2.29. The minimum atomic E-state index is -4.54. The highest BCUT2D eigenvalue weighted by Crippen LogP contribution is 2.37. The zero-order valence-electron chi connectivity index (χ0n) is 19.3. The molecule has 0 saturated heterocycles. The molecule has 1 aromatic rings. The molecule has 0 radical (unpaired) electrons. The molecule has 0 unspecified atom stereocenters. The minimum Gasteiger partial charge on any atom is -0.492 e. The maximum Gasteiger partial charge on any atom is 0.416 e. The highest BCUT2D eigenvalue weighted by molar-refractivity contribution is 5.77. The van der Waals surface area contributed by atoms with Gasteiger partial charge in [-0.05, 0) is 58.7 Å². The fourth-order valence-electron chi connectivity index (χ4n) is 3.08. The van der Waals surface area contributed by atoms with E-state index >= 15 is 0 Å². The monoisotopic (exact) mass is 457 g/mol. The van der Waals surface area contributed by atoms with Crippen molar-refractivity contribution < 1.29 is 37.0 Å². The highest BCUT2D eigenvalue weighted by atomic mass is 19.4. The lowest BCUT2D eigenvalue weighted by Crippen LogP contribution is -2.39. The van der Waals surface area contributed by atoms with Crippen LogP contribution in [0.25, 0.3) is 5.57 Å². The first-order valence-corrected chi connectivity index (χ1v) is 10.2. The minimum absolute atomic E-state index is 0.0220. The van der Waals surface area contributed by atoms with Gasteiger partial charge in [0, 0.05) is 18.7 Å². The molecular formula is C23H30F3NO5. The van der Waals surface area contributed by atoms with Gasteiger partial charge < -0.3 is 19.1 Å². The molecule has 1 amide bonds. The molecule has 9 heteroatoms. The summed E-state index contributed by atoms with van der Waals surface area (Å²) in [5.41, 5.74) is -1.28. The quantitative estimate of drug-likeness (QED) is 0.561. The van der Waals surface area contributed by atoms with Crippen molar-refractivity contribution in [2.45, 2.75) is 52.8 Å². The van der Waals surface area contributed by atoms with E-state index in [0.717, 1.165) is 17.7 Å². The van der Waals surface area contributed by atoms with Gasteiger partial charge in [0.1, 0.15) is 18.0 Å². The van der Waals surface area contributed by atoms with Gasteiger partial charge >= 0.3 is 18.2 Å². The lowest BCUT2D eigenvalue weighted by atomic mass is 9.94. The number of nitrogens with zero attached hydrogens (tertiary/aromatic N) is 1. The van der Waals surface area contributed by atoms with Gasteiger partial charge in [0.25, 0.3) is 0 Å². The standard InChI is InChI=1S/C23H30F3NO5/c1-21(2,3)32-20(29)27-11-9-15(10-12-27)17-8-7-16(23(24,25)26)13-18(17)31-14-22(4,5)19(28)30-6/h7-9,13H,10-12,14H2,1-6H3. The molecule has 6 nitrogen and oxygen atoms in total. The summed E-state index contributed by atoms with van der Waals surface area (Å²) in [6.45, 7) is 8.96. The normalized spacial score (nSPS) is 15.2. The van der Waals surface area contributed by atoms with Crippen LogP contribution in [-0.4, -0.2) is 49.4 Å². The number of carbonyl (C=O) groups excluding carboxylic acids is 2. The van der Waals surface area contributed by atoms with Gasteiger partial charge in [-0.15, -0.1) is 0 Å². The number of benzene rings is 1. The van der Waals surface area contributed by atoms with Gasteiger partial charge in [-0.1, -0.05) is 12.1 Å². The Morgan fingerprint density at radius 3 is 2.25 bits per heavy atom. The van der Waals surface area contributed by atoms with Gasteiger partial charge in [-0.3, -0.25) is 4.79 Å². The van der Waals surface area contributed by atoms with Crippen molar-refractivity contribution in [3.63, 3.8) is 0 Å². The fourth-order valence-corrected chi connectivity index (χ4v) is 3.08. The molecule has 1 aromatic carbocycles. The molecule has 178 valence electrons. The van der Waals surface area contributed by atoms with Gasteiger partial charge in [-0.25, -0.2) is 4.79 Å². The van der Waals surface area contributed by atoms with E-state index in [-0.39, 0.29) is 18.9 Å². The van der Waals surface area contributed by atoms with Crippen LogP contribution >= 0.6 is 0 Å². The summed E-state index contributed by atoms with van der Waals surface area (Å²) in [7, 11) is 1.24. The maximum absolute atomic E-state index is 13.3. The summed E-state index contributed by atoms with van der Waals surface area (Å²) >= 11 is 0. The van der Waals surface area contributed by atoms with Gasteiger partial charge in [0.05, 0.1) is 18.1 Å². The van der Waals surface area contributed by atoms with Crippen molar-refractivity contribution in [1.29, 1.82) is 0 Å². The van der Waals surface area contributed by atoms with Crippen molar-refractivity contribution in [2.24, 2.45) is 5.41 Å². The average Bonchev–Trinajstić information content (AvgIpc) is 2.69. The van der Waals surface area contributed by atoms with Crippen LogP contribution in [0.1, 0.15) is 52.2 Å². The van der Waals surface area contributed by atoms with Crippen LogP contribution in [0.2, 0.25) is 0 Å². The van der Waals surface area contributed by atoms with Gasteiger partial charge in [0.2, 0.25) is 0 Å². The van der Waals surface area contributed by atoms with E-state index in [1.165, 1.54) is 18.1 Å². The maximum atomic E-state index is 13.3. The number of ether oxygens (including phenoxy) is 3. The molecule has 0 N–H and O–H groups in total. The smallest absolute Gasteiger partial charge is 0.416 e. The summed E-state index contributed by atoms with van der Waals surface area (Å²) in [4.78, 5) is 25.7. The largest absolute Gasteiger partial charge is 0.492 e. The second-order valence-corrected chi connectivity index (χ2v) is 9.28. The lowest BCUT2D eigenvalue weighted by Gasteiger charge is -2.30. The van der Waals surface area contributed by atoms with Gasteiger partial charge in [0.15, 0.2) is 0 Å². The van der Waals surface area contributed by atoms with Crippen molar-refractivity contribution in [1.82, 2.24) is 4.90 Å². The topological polar surface area (TPSA) is 65.1 Å². The highest BCUT2D eigenvalue weighted by Gasteiger charge is 2.34. The first-order chi connectivity index (χ1) is 14.6. The summed E-state index contributed by atoms with van der Waals surface area (Å²) in [6, 6.07) is 3.29. The molecular weight excluding hydrogens is 427 g/mol. The van der Waals surface area contributed by atoms with E-state index < -0.39 is 34.8 Å². The van der Waals surface area contributed by atoms with Crippen molar-refractivity contribution in [3.05, 3.63) is 35.4 Å². The zero-order chi connectivity index (χ0) is 24.3. The molecule has 2 rings (SSSR count). The number of carbonyl (C=O) groups is 2. The summed E-state index contributed by atoms with van der Waals surface area (Å²) in [6.07, 6.45) is -2.80. The predicted octanol–water partition coefficient (Wildman–Crippen LogP) is 5.31. The predicted molar refractivity (Wildman–Crippen MR) is 113 cm³/mol. The number of halogens is 3. The second-order valence-electron chi connectivity index (χ2n) is 9.28. The average molecular weight is 457 g/mol. The Labute approximate surface area is 186 Å². The summed E-state index contributed by atoms with van der Waals surface area (Å²) < 4.78 is 55.6. The number of amides is 1. The number of hydrogen-bond donors (Lipinski definition) is 0. The molecule has 0 atom stereocenters. The molecule has 0 saturated carbocycles. The Bertz CT molecular complexity index is 885. The molecule has 0 bridgehead atoms. The molecule has 0 aromatic heterocycles. The summed E-state index contributed by atoms with van der Waals surface area (Å²) in [5.74, 6) is -0.510. The molecule has 1 aliphatic rings. The van der Waals surface area contributed by atoms with E-state index in [1.807, 2.05) is 0 Å². The summed E-state index contributed by atoms with van der Waals surface area (Å²) in [5, 5.41) is 0. The van der Waals surface area contributed by atoms with Crippen LogP contribution in [-0.2, 0) is 20.4 Å². The molecule has 32 heavy (non-hydrogen) atoms. The third-order valence-electron chi connectivity index (χ3n) is 4.84. The first-order valence-electron chi connectivity index (χ1n) is 10.2. The third-order valence-corrected chi connectivity index (χ3v) is 4.84. The Morgan fingerprint density at radius 2 is 1.75 bits per heavy atom. The molecule has 0 fully saturated rings. The van der Waals surface area contributed by atoms with Crippen molar-refractivity contribution in [2.75, 3.05) is 26.8 Å². The van der Waals surface area contributed by atoms with Crippen LogP contribution in [0.3, 0.4) is 0 Å². The van der Waals surface area contributed by atoms with Crippen LogP contribution in [0.4, 0.5) is 18.0 Å². The lowest BCUT2D eigenvalue weighted by molar-refractivity contribution is -0.152. The molecule has 1 aliphatic heterocycles. The zero-order valence-corrected chi connectivity index (χ0v) is 19.3. The van der Waals surface area contributed by atoms with E-state index in [4.69, 9.17) is 14.2 Å². The number of rotatable bonds is 5. The number of methoxy groups -OCH3 is 1. The fraction of sp³-hybridized carbons (Fsp3) is 0.565. The van der Waals surface area contributed by atoms with Gasteiger partial charge in [-0.2, -0.15) is 13.2 Å². The molecule has 0 spiro atoms. The van der Waals surface area contributed by atoms with Crippen LogP contribution in [0.15, 0.2) is 24.3 Å². The Hall–Kier alpha value is -2.71. The number of hydrogen-bond acceptors (Lipinski definition) is 5. The Kier molecular flexibility index (Phi) is 7.52. The van der Waals surface area contributed by atoms with E-state index in [9.17, 15) is 22.8 Å². The van der Waals surface area contributed by atoms with Crippen LogP contribution < -0.4 is 4.74 Å². The number of esters is 1.